The van der Waals surface area contributed by atoms with Crippen molar-refractivity contribution in [3.63, 3.8) is 0 Å². The van der Waals surface area contributed by atoms with Gasteiger partial charge in [-0.25, -0.2) is 0 Å². The summed E-state index contributed by atoms with van der Waals surface area (Å²) in [7, 11) is 0. The second kappa shape index (κ2) is 7.00. The molecule has 0 aliphatic carbocycles. The van der Waals surface area contributed by atoms with Gasteiger partial charge in [0.15, 0.2) is 0 Å². The molecule has 0 saturated carbocycles. The third-order valence-corrected chi connectivity index (χ3v) is 4.01. The number of hydrogen-bond acceptors (Lipinski definition) is 2. The zero-order valence-corrected chi connectivity index (χ0v) is 13.3. The van der Waals surface area contributed by atoms with Gasteiger partial charge in [0.25, 0.3) is 0 Å². The summed E-state index contributed by atoms with van der Waals surface area (Å²) in [5.74, 6) is 0.536. The number of nitrogens with one attached hydrogen (secondary N) is 1. The summed E-state index contributed by atoms with van der Waals surface area (Å²) in [6.07, 6.45) is 0.850. The van der Waals surface area contributed by atoms with Gasteiger partial charge >= 0.3 is 0 Å². The molecule has 0 amide bonds. The highest BCUT2D eigenvalue weighted by Crippen LogP contribution is 2.23. The Hall–Kier alpha value is -1.19. The minimum absolute atomic E-state index is 0.536. The maximum Gasteiger partial charge on any atom is 0.0868 e. The van der Waals surface area contributed by atoms with Crippen LogP contribution in [0.3, 0.4) is 0 Å². The Morgan fingerprint density at radius 1 is 1.20 bits per heavy atom. The molecule has 0 atom stereocenters. The molecule has 0 unspecified atom stereocenters. The van der Waals surface area contributed by atoms with Crippen LogP contribution in [-0.2, 0) is 25.4 Å². The fraction of sp³-hybridized carbons (Fsp3) is 0.400. The number of benzene rings is 1. The van der Waals surface area contributed by atoms with Gasteiger partial charge in [0.2, 0.25) is 0 Å². The Labute approximate surface area is 129 Å². The molecular formula is C15H19Cl2N3. The lowest BCUT2D eigenvalue weighted by Gasteiger charge is -2.09. The number of aromatic nitrogens is 2. The van der Waals surface area contributed by atoms with Crippen molar-refractivity contribution in [3.05, 3.63) is 46.2 Å². The fourth-order valence-corrected chi connectivity index (χ4v) is 2.60. The van der Waals surface area contributed by atoms with Crippen molar-refractivity contribution in [1.29, 1.82) is 0 Å². The Bertz CT molecular complexity index is 561. The summed E-state index contributed by atoms with van der Waals surface area (Å²) in [6, 6.07) is 8.09. The SMILES string of the molecule is CCc1nn(CC)c(CNc2ccc(CCl)cc2)c1Cl. The van der Waals surface area contributed by atoms with Gasteiger partial charge in [0, 0.05) is 18.1 Å². The monoisotopic (exact) mass is 311 g/mol. The third kappa shape index (κ3) is 3.28. The van der Waals surface area contributed by atoms with E-state index in [0.29, 0.717) is 12.4 Å². The minimum atomic E-state index is 0.536. The second-order valence-electron chi connectivity index (χ2n) is 4.56. The molecular weight excluding hydrogens is 293 g/mol. The summed E-state index contributed by atoms with van der Waals surface area (Å²) < 4.78 is 1.96. The van der Waals surface area contributed by atoms with E-state index in [1.807, 2.05) is 28.9 Å². The predicted molar refractivity (Wildman–Crippen MR) is 85.6 cm³/mol. The quantitative estimate of drug-likeness (QED) is 0.798. The number of anilines is 1. The average molecular weight is 312 g/mol. The van der Waals surface area contributed by atoms with E-state index in [1.54, 1.807) is 0 Å². The molecule has 1 aromatic heterocycles. The van der Waals surface area contributed by atoms with Crippen molar-refractivity contribution in [2.45, 2.75) is 39.2 Å². The van der Waals surface area contributed by atoms with Crippen LogP contribution in [0.2, 0.25) is 5.02 Å². The largest absolute Gasteiger partial charge is 0.379 e. The topological polar surface area (TPSA) is 29.9 Å². The van der Waals surface area contributed by atoms with Crippen LogP contribution in [-0.4, -0.2) is 9.78 Å². The molecule has 108 valence electrons. The molecule has 0 fully saturated rings. The highest BCUT2D eigenvalue weighted by molar-refractivity contribution is 6.31. The van der Waals surface area contributed by atoms with E-state index in [1.165, 1.54) is 0 Å². The number of aryl methyl sites for hydroxylation is 2. The van der Waals surface area contributed by atoms with Crippen LogP contribution in [0, 0.1) is 0 Å². The summed E-state index contributed by atoms with van der Waals surface area (Å²) in [5.41, 5.74) is 4.16. The predicted octanol–water partition coefficient (Wildman–Crippen LogP) is 4.47. The van der Waals surface area contributed by atoms with Crippen LogP contribution in [0.4, 0.5) is 5.69 Å². The lowest BCUT2D eigenvalue weighted by atomic mass is 10.2. The normalized spacial score (nSPS) is 10.8. The first-order valence-corrected chi connectivity index (χ1v) is 7.73. The summed E-state index contributed by atoms with van der Waals surface area (Å²) in [6.45, 7) is 5.62. The fourth-order valence-electron chi connectivity index (χ4n) is 2.08. The Morgan fingerprint density at radius 3 is 2.45 bits per heavy atom. The van der Waals surface area contributed by atoms with E-state index in [2.05, 4.69) is 24.3 Å². The van der Waals surface area contributed by atoms with E-state index < -0.39 is 0 Å². The van der Waals surface area contributed by atoms with Gasteiger partial charge in [0.1, 0.15) is 0 Å². The summed E-state index contributed by atoms with van der Waals surface area (Å²) >= 11 is 12.2. The molecule has 1 aromatic carbocycles. The van der Waals surface area contributed by atoms with Gasteiger partial charge in [-0.1, -0.05) is 30.7 Å². The maximum atomic E-state index is 6.38. The van der Waals surface area contributed by atoms with Crippen molar-refractivity contribution in [3.8, 4) is 0 Å². The van der Waals surface area contributed by atoms with E-state index in [9.17, 15) is 0 Å². The van der Waals surface area contributed by atoms with Crippen molar-refractivity contribution in [1.82, 2.24) is 9.78 Å². The average Bonchev–Trinajstić information content (AvgIpc) is 2.81. The zero-order valence-electron chi connectivity index (χ0n) is 11.8. The molecule has 0 spiro atoms. The molecule has 2 rings (SSSR count). The first-order valence-electron chi connectivity index (χ1n) is 6.82. The van der Waals surface area contributed by atoms with Crippen molar-refractivity contribution in [2.24, 2.45) is 0 Å². The van der Waals surface area contributed by atoms with Gasteiger partial charge in [0.05, 0.1) is 23.0 Å². The lowest BCUT2D eigenvalue weighted by molar-refractivity contribution is 0.619. The molecule has 20 heavy (non-hydrogen) atoms. The Kier molecular flexibility index (Phi) is 5.32. The van der Waals surface area contributed by atoms with Crippen molar-refractivity contribution in [2.75, 3.05) is 5.32 Å². The summed E-state index contributed by atoms with van der Waals surface area (Å²) in [5, 5.41) is 8.67. The van der Waals surface area contributed by atoms with E-state index in [0.717, 1.165) is 40.6 Å². The van der Waals surface area contributed by atoms with Crippen LogP contribution in [0.25, 0.3) is 0 Å². The van der Waals surface area contributed by atoms with E-state index >= 15 is 0 Å². The van der Waals surface area contributed by atoms with Gasteiger partial charge < -0.3 is 5.32 Å². The molecule has 0 saturated heterocycles. The minimum Gasteiger partial charge on any atom is -0.379 e. The van der Waals surface area contributed by atoms with Gasteiger partial charge in [-0.3, -0.25) is 4.68 Å². The van der Waals surface area contributed by atoms with E-state index in [-0.39, 0.29) is 0 Å². The molecule has 0 aliphatic heterocycles. The number of halogens is 2. The molecule has 0 radical (unpaired) electrons. The van der Waals surface area contributed by atoms with Gasteiger partial charge in [-0.15, -0.1) is 11.6 Å². The summed E-state index contributed by atoms with van der Waals surface area (Å²) in [4.78, 5) is 0. The highest BCUT2D eigenvalue weighted by Gasteiger charge is 2.13. The van der Waals surface area contributed by atoms with Gasteiger partial charge in [-0.05, 0) is 31.0 Å². The number of hydrogen-bond donors (Lipinski definition) is 1. The molecule has 3 nitrogen and oxygen atoms in total. The first-order chi connectivity index (χ1) is 9.69. The third-order valence-electron chi connectivity index (χ3n) is 3.26. The second-order valence-corrected chi connectivity index (χ2v) is 5.21. The Balaban J connectivity index is 2.11. The smallest absolute Gasteiger partial charge is 0.0868 e. The molecule has 5 heteroatoms. The number of alkyl halides is 1. The van der Waals surface area contributed by atoms with Crippen LogP contribution in [0.5, 0.6) is 0 Å². The molecule has 2 aromatic rings. The van der Waals surface area contributed by atoms with E-state index in [4.69, 9.17) is 23.2 Å². The van der Waals surface area contributed by atoms with Crippen LogP contribution in [0.15, 0.2) is 24.3 Å². The number of rotatable bonds is 6. The lowest BCUT2D eigenvalue weighted by Crippen LogP contribution is -2.08. The van der Waals surface area contributed by atoms with Crippen LogP contribution in [0.1, 0.15) is 30.8 Å². The highest BCUT2D eigenvalue weighted by atomic mass is 35.5. The first kappa shape index (κ1) is 15.2. The van der Waals surface area contributed by atoms with Crippen molar-refractivity contribution < 1.29 is 0 Å². The maximum absolute atomic E-state index is 6.38. The molecule has 0 aliphatic rings. The van der Waals surface area contributed by atoms with Crippen LogP contribution >= 0.6 is 23.2 Å². The standard InChI is InChI=1S/C15H19Cl2N3/c1-3-13-15(17)14(20(4-2)19-13)10-18-12-7-5-11(9-16)6-8-12/h5-8,18H,3-4,9-10H2,1-2H3. The molecule has 1 heterocycles. The molecule has 1 N–H and O–H groups in total. The van der Waals surface area contributed by atoms with Gasteiger partial charge in [-0.2, -0.15) is 5.10 Å². The van der Waals surface area contributed by atoms with Crippen molar-refractivity contribution >= 4 is 28.9 Å². The molecule has 0 bridgehead atoms. The Morgan fingerprint density at radius 2 is 1.90 bits per heavy atom. The van der Waals surface area contributed by atoms with Crippen LogP contribution < -0.4 is 5.32 Å². The zero-order chi connectivity index (χ0) is 14.5. The number of nitrogens with zero attached hydrogens (tertiary/aromatic N) is 2.